The monoisotopic (exact) mass is 242 g/mol. The molecule has 4 nitrogen and oxygen atoms in total. The number of carbonyl (C=O) groups is 1. The minimum Gasteiger partial charge on any atom is -0.478 e. The molecule has 4 heteroatoms. The van der Waals surface area contributed by atoms with Crippen LogP contribution < -0.4 is 0 Å². The molecule has 2 N–H and O–H groups in total. The number of aromatic carboxylic acids is 1. The van der Waals surface area contributed by atoms with Gasteiger partial charge < -0.3 is 5.11 Å². The fourth-order valence-electron chi connectivity index (χ4n) is 2.56. The summed E-state index contributed by atoms with van der Waals surface area (Å²) in [7, 11) is 0. The number of nitrogens with one attached hydrogen (secondary N) is 1. The van der Waals surface area contributed by atoms with Gasteiger partial charge in [-0.1, -0.05) is 12.1 Å². The average Bonchev–Trinajstić information content (AvgIpc) is 2.87. The minimum atomic E-state index is -0.948. The van der Waals surface area contributed by atoms with E-state index in [1.807, 2.05) is 6.07 Å². The van der Waals surface area contributed by atoms with Gasteiger partial charge in [0.25, 0.3) is 0 Å². The van der Waals surface area contributed by atoms with Gasteiger partial charge in [0.05, 0.1) is 11.9 Å². The van der Waals surface area contributed by atoms with Crippen molar-refractivity contribution in [2.45, 2.75) is 25.7 Å². The van der Waals surface area contributed by atoms with Gasteiger partial charge in [-0.15, -0.1) is 0 Å². The third-order valence-electron chi connectivity index (χ3n) is 3.51. The predicted molar refractivity (Wildman–Crippen MR) is 67.6 cm³/mol. The quantitative estimate of drug-likeness (QED) is 0.850. The van der Waals surface area contributed by atoms with E-state index in [0.29, 0.717) is 5.69 Å². The van der Waals surface area contributed by atoms with Crippen molar-refractivity contribution in [3.63, 3.8) is 0 Å². The van der Waals surface area contributed by atoms with Crippen molar-refractivity contribution in [2.24, 2.45) is 0 Å². The number of hydrogen-bond acceptors (Lipinski definition) is 2. The first-order valence-corrected chi connectivity index (χ1v) is 6.14. The first-order valence-electron chi connectivity index (χ1n) is 6.14. The van der Waals surface area contributed by atoms with Crippen LogP contribution in [0.4, 0.5) is 0 Å². The van der Waals surface area contributed by atoms with Crippen molar-refractivity contribution in [3.05, 3.63) is 41.1 Å². The molecule has 0 fully saturated rings. The van der Waals surface area contributed by atoms with E-state index in [9.17, 15) is 4.79 Å². The molecule has 1 aromatic heterocycles. The van der Waals surface area contributed by atoms with Crippen molar-refractivity contribution >= 4 is 5.97 Å². The molecule has 0 saturated heterocycles. The summed E-state index contributed by atoms with van der Waals surface area (Å²) < 4.78 is 0. The van der Waals surface area contributed by atoms with Crippen LogP contribution in [0.15, 0.2) is 24.4 Å². The molecule has 1 aliphatic rings. The Hall–Kier alpha value is -2.10. The fraction of sp³-hybridized carbons (Fsp3) is 0.286. The Labute approximate surface area is 105 Å². The van der Waals surface area contributed by atoms with E-state index in [0.717, 1.165) is 18.4 Å². The molecular formula is C14H14N2O2. The van der Waals surface area contributed by atoms with Crippen molar-refractivity contribution in [2.75, 3.05) is 0 Å². The standard InChI is InChI=1S/C14H14N2O2/c17-14(18)12-8-15-16-13(12)11-6-5-9-3-1-2-4-10(9)7-11/h5-8H,1-4H2,(H,15,16)(H,17,18). The number of aryl methyl sites for hydroxylation is 2. The second-order valence-electron chi connectivity index (χ2n) is 4.65. The van der Waals surface area contributed by atoms with Gasteiger partial charge in [0, 0.05) is 5.56 Å². The van der Waals surface area contributed by atoms with Crippen LogP contribution in [0.25, 0.3) is 11.3 Å². The highest BCUT2D eigenvalue weighted by Crippen LogP contribution is 2.28. The molecule has 0 unspecified atom stereocenters. The van der Waals surface area contributed by atoms with Gasteiger partial charge in [-0.25, -0.2) is 4.79 Å². The number of carboxylic acid groups (broad SMARTS) is 1. The zero-order valence-electron chi connectivity index (χ0n) is 9.94. The third kappa shape index (κ3) is 1.79. The van der Waals surface area contributed by atoms with E-state index in [1.54, 1.807) is 0 Å². The SMILES string of the molecule is O=C(O)c1cn[nH]c1-c1ccc2c(c1)CCCC2. The van der Waals surface area contributed by atoms with Gasteiger partial charge in [-0.05, 0) is 42.9 Å². The van der Waals surface area contributed by atoms with Gasteiger partial charge in [0.1, 0.15) is 5.56 Å². The van der Waals surface area contributed by atoms with Crippen molar-refractivity contribution in [1.82, 2.24) is 10.2 Å². The van der Waals surface area contributed by atoms with Crippen LogP contribution in [0.3, 0.4) is 0 Å². The maximum absolute atomic E-state index is 11.1. The molecular weight excluding hydrogens is 228 g/mol. The van der Waals surface area contributed by atoms with Gasteiger partial charge in [0.15, 0.2) is 0 Å². The van der Waals surface area contributed by atoms with Gasteiger partial charge >= 0.3 is 5.97 Å². The van der Waals surface area contributed by atoms with Gasteiger partial charge in [0.2, 0.25) is 0 Å². The summed E-state index contributed by atoms with van der Waals surface area (Å²) in [4.78, 5) is 11.1. The van der Waals surface area contributed by atoms with E-state index in [-0.39, 0.29) is 5.56 Å². The molecule has 0 spiro atoms. The lowest BCUT2D eigenvalue weighted by Gasteiger charge is -2.16. The Bertz CT molecular complexity index is 602. The van der Waals surface area contributed by atoms with Gasteiger partial charge in [-0.3, -0.25) is 5.10 Å². The highest BCUT2D eigenvalue weighted by molar-refractivity contribution is 5.94. The topological polar surface area (TPSA) is 66.0 Å². The lowest BCUT2D eigenvalue weighted by atomic mass is 9.89. The zero-order chi connectivity index (χ0) is 12.5. The third-order valence-corrected chi connectivity index (χ3v) is 3.51. The van der Waals surface area contributed by atoms with Gasteiger partial charge in [-0.2, -0.15) is 5.10 Å². The summed E-state index contributed by atoms with van der Waals surface area (Å²) >= 11 is 0. The normalized spacial score (nSPS) is 14.2. The van der Waals surface area contributed by atoms with Crippen LogP contribution >= 0.6 is 0 Å². The molecule has 3 rings (SSSR count). The highest BCUT2D eigenvalue weighted by atomic mass is 16.4. The van der Waals surface area contributed by atoms with Crippen LogP contribution in [-0.2, 0) is 12.8 Å². The number of benzene rings is 1. The maximum atomic E-state index is 11.1. The Morgan fingerprint density at radius 3 is 2.78 bits per heavy atom. The molecule has 1 aliphatic carbocycles. The van der Waals surface area contributed by atoms with E-state index < -0.39 is 5.97 Å². The van der Waals surface area contributed by atoms with Crippen molar-refractivity contribution in [1.29, 1.82) is 0 Å². The summed E-state index contributed by atoms with van der Waals surface area (Å²) in [6.45, 7) is 0. The summed E-state index contributed by atoms with van der Waals surface area (Å²) in [5, 5.41) is 15.7. The van der Waals surface area contributed by atoms with E-state index in [2.05, 4.69) is 22.3 Å². The lowest BCUT2D eigenvalue weighted by Crippen LogP contribution is -2.03. The Kier molecular flexibility index (Phi) is 2.63. The van der Waals surface area contributed by atoms with Crippen LogP contribution in [0.1, 0.15) is 34.3 Å². The molecule has 0 saturated carbocycles. The van der Waals surface area contributed by atoms with E-state index in [1.165, 1.54) is 30.2 Å². The molecule has 0 radical (unpaired) electrons. The summed E-state index contributed by atoms with van der Waals surface area (Å²) in [5.74, 6) is -0.948. The molecule has 1 aromatic carbocycles. The number of aromatic amines is 1. The molecule has 92 valence electrons. The molecule has 0 amide bonds. The first kappa shape index (κ1) is 11.0. The second kappa shape index (κ2) is 4.29. The Morgan fingerprint density at radius 1 is 1.22 bits per heavy atom. The summed E-state index contributed by atoms with van der Waals surface area (Å²) in [6, 6.07) is 6.18. The number of H-pyrrole nitrogens is 1. The molecule has 0 bridgehead atoms. The number of aromatic nitrogens is 2. The molecule has 0 atom stereocenters. The fourth-order valence-corrected chi connectivity index (χ4v) is 2.56. The highest BCUT2D eigenvalue weighted by Gasteiger charge is 2.16. The second-order valence-corrected chi connectivity index (χ2v) is 4.65. The van der Waals surface area contributed by atoms with E-state index in [4.69, 9.17) is 5.11 Å². The van der Waals surface area contributed by atoms with Crippen LogP contribution in [0.2, 0.25) is 0 Å². The number of carboxylic acids is 1. The number of hydrogen-bond donors (Lipinski definition) is 2. The predicted octanol–water partition coefficient (Wildman–Crippen LogP) is 2.65. The average molecular weight is 242 g/mol. The van der Waals surface area contributed by atoms with Crippen LogP contribution in [0.5, 0.6) is 0 Å². The minimum absolute atomic E-state index is 0.228. The van der Waals surface area contributed by atoms with Crippen LogP contribution in [0, 0.1) is 0 Å². The molecule has 2 aromatic rings. The number of nitrogens with zero attached hydrogens (tertiary/aromatic N) is 1. The molecule has 18 heavy (non-hydrogen) atoms. The number of rotatable bonds is 2. The van der Waals surface area contributed by atoms with Crippen molar-refractivity contribution in [3.8, 4) is 11.3 Å². The number of fused-ring (bicyclic) bond motifs is 1. The summed E-state index contributed by atoms with van der Waals surface area (Å²) in [6.07, 6.45) is 6.03. The van der Waals surface area contributed by atoms with Crippen molar-refractivity contribution < 1.29 is 9.90 Å². The van der Waals surface area contributed by atoms with Crippen LogP contribution in [-0.4, -0.2) is 21.3 Å². The zero-order valence-corrected chi connectivity index (χ0v) is 9.94. The Morgan fingerprint density at radius 2 is 2.00 bits per heavy atom. The molecule has 0 aliphatic heterocycles. The first-order chi connectivity index (χ1) is 8.75. The maximum Gasteiger partial charge on any atom is 0.339 e. The summed E-state index contributed by atoms with van der Waals surface area (Å²) in [5.41, 5.74) is 4.46. The lowest BCUT2D eigenvalue weighted by molar-refractivity contribution is 0.0698. The molecule has 1 heterocycles. The largest absolute Gasteiger partial charge is 0.478 e. The smallest absolute Gasteiger partial charge is 0.339 e. The Balaban J connectivity index is 2.06. The van der Waals surface area contributed by atoms with E-state index >= 15 is 0 Å².